The number of hydrogen-bond donors (Lipinski definition) is 3. The van der Waals surface area contributed by atoms with Gasteiger partial charge >= 0.3 is 6.03 Å². The highest BCUT2D eigenvalue weighted by atomic mass is 19.3. The van der Waals surface area contributed by atoms with E-state index in [1.54, 1.807) is 0 Å². The summed E-state index contributed by atoms with van der Waals surface area (Å²) in [5.41, 5.74) is 4.73. The number of rotatable bonds is 6. The number of carbonyl (C=O) groups is 3. The SMILES string of the molecule is N#CCC1(n2cc(C(N)=O)c(NC(=O)C3CC3)n2)CCN(C(=O)NC2CC(F)(F)C2)CC1. The molecule has 0 radical (unpaired) electrons. The molecule has 1 saturated heterocycles. The van der Waals surface area contributed by atoms with E-state index in [1.807, 2.05) is 0 Å². The second kappa shape index (κ2) is 8.03. The number of nitriles is 1. The van der Waals surface area contributed by atoms with Gasteiger partial charge in [0.15, 0.2) is 5.82 Å². The molecule has 0 atom stereocenters. The molecule has 1 aromatic heterocycles. The standard InChI is InChI=1S/C20H25F2N7O3/c21-20(22)9-13(10-20)25-18(32)28-7-4-19(3-6-23,5-8-28)29-11-14(15(24)30)16(27-29)26-17(31)12-1-2-12/h11-13H,1-5,7-10H2,(H2,24,30)(H,25,32)(H,26,27,31). The maximum Gasteiger partial charge on any atom is 0.317 e. The van der Waals surface area contributed by atoms with Gasteiger partial charge in [-0.1, -0.05) is 0 Å². The minimum Gasteiger partial charge on any atom is -0.365 e. The smallest absolute Gasteiger partial charge is 0.317 e. The summed E-state index contributed by atoms with van der Waals surface area (Å²) in [6, 6.07) is 1.19. The van der Waals surface area contributed by atoms with Crippen molar-refractivity contribution < 1.29 is 23.2 Å². The van der Waals surface area contributed by atoms with Crippen molar-refractivity contribution >= 4 is 23.7 Å². The van der Waals surface area contributed by atoms with Gasteiger partial charge in [-0.2, -0.15) is 10.4 Å². The van der Waals surface area contributed by atoms with Crippen molar-refractivity contribution in [1.82, 2.24) is 20.0 Å². The minimum atomic E-state index is -2.72. The van der Waals surface area contributed by atoms with Crippen molar-refractivity contribution in [2.24, 2.45) is 11.7 Å². The Morgan fingerprint density at radius 2 is 1.91 bits per heavy atom. The van der Waals surface area contributed by atoms with E-state index < -0.39 is 29.4 Å². The summed E-state index contributed by atoms with van der Waals surface area (Å²) >= 11 is 0. The number of anilines is 1. The van der Waals surface area contributed by atoms with Crippen LogP contribution in [0.25, 0.3) is 0 Å². The Hall–Kier alpha value is -3.23. The molecule has 2 heterocycles. The second-order valence-corrected chi connectivity index (χ2v) is 8.92. The number of carbonyl (C=O) groups excluding carboxylic acids is 3. The van der Waals surface area contributed by atoms with Gasteiger partial charge in [0.1, 0.15) is 5.56 Å². The molecule has 32 heavy (non-hydrogen) atoms. The van der Waals surface area contributed by atoms with Crippen LogP contribution in [0.2, 0.25) is 0 Å². The number of likely N-dealkylation sites (tertiary alicyclic amines) is 1. The summed E-state index contributed by atoms with van der Waals surface area (Å²) in [7, 11) is 0. The lowest BCUT2D eigenvalue weighted by Gasteiger charge is -2.42. The van der Waals surface area contributed by atoms with Gasteiger partial charge in [0.2, 0.25) is 5.91 Å². The number of amides is 4. The lowest BCUT2D eigenvalue weighted by molar-refractivity contribution is -0.117. The van der Waals surface area contributed by atoms with Crippen LogP contribution in [0.15, 0.2) is 6.20 Å². The third kappa shape index (κ3) is 4.37. The Balaban J connectivity index is 1.46. The Morgan fingerprint density at radius 3 is 2.44 bits per heavy atom. The van der Waals surface area contributed by atoms with Crippen LogP contribution in [-0.4, -0.2) is 57.6 Å². The van der Waals surface area contributed by atoms with E-state index in [-0.39, 0.29) is 55.6 Å². The van der Waals surface area contributed by atoms with Gasteiger partial charge in [0.05, 0.1) is 18.0 Å². The molecule has 0 unspecified atom stereocenters. The molecule has 2 aliphatic carbocycles. The van der Waals surface area contributed by atoms with Gasteiger partial charge in [0, 0.05) is 44.1 Å². The fraction of sp³-hybridized carbons (Fsp3) is 0.650. The number of aromatic nitrogens is 2. The summed E-state index contributed by atoms with van der Waals surface area (Å²) in [6.07, 6.45) is 3.10. The molecular formula is C20H25F2N7O3. The van der Waals surface area contributed by atoms with Crippen LogP contribution in [0.1, 0.15) is 55.3 Å². The third-order valence-corrected chi connectivity index (χ3v) is 6.46. The molecule has 3 aliphatic rings. The quantitative estimate of drug-likeness (QED) is 0.603. The second-order valence-electron chi connectivity index (χ2n) is 8.92. The number of nitrogens with two attached hydrogens (primary N) is 1. The first-order valence-electron chi connectivity index (χ1n) is 10.6. The molecule has 12 heteroatoms. The lowest BCUT2D eigenvalue weighted by atomic mass is 9.85. The molecule has 0 bridgehead atoms. The number of halogens is 2. The van der Waals surface area contributed by atoms with Crippen molar-refractivity contribution in [1.29, 1.82) is 5.26 Å². The van der Waals surface area contributed by atoms with Crippen LogP contribution in [0.4, 0.5) is 19.4 Å². The average Bonchev–Trinajstić information content (AvgIpc) is 3.47. The fourth-order valence-corrected chi connectivity index (χ4v) is 4.24. The fourth-order valence-electron chi connectivity index (χ4n) is 4.24. The van der Waals surface area contributed by atoms with Gasteiger partial charge in [-0.3, -0.25) is 14.3 Å². The number of nitrogens with one attached hydrogen (secondary N) is 2. The van der Waals surface area contributed by atoms with E-state index in [0.717, 1.165) is 12.8 Å². The number of hydrogen-bond acceptors (Lipinski definition) is 5. The normalized spacial score (nSPS) is 21.8. The maximum atomic E-state index is 13.0. The molecule has 0 aromatic carbocycles. The van der Waals surface area contributed by atoms with Crippen LogP contribution in [0, 0.1) is 17.2 Å². The van der Waals surface area contributed by atoms with Crippen molar-refractivity contribution in [2.75, 3.05) is 18.4 Å². The van der Waals surface area contributed by atoms with E-state index in [9.17, 15) is 28.4 Å². The lowest BCUT2D eigenvalue weighted by Crippen LogP contribution is -2.56. The summed E-state index contributed by atoms with van der Waals surface area (Å²) < 4.78 is 27.5. The highest BCUT2D eigenvalue weighted by molar-refractivity contribution is 6.02. The number of nitrogens with zero attached hydrogens (tertiary/aromatic N) is 4. The van der Waals surface area contributed by atoms with Crippen LogP contribution >= 0.6 is 0 Å². The predicted molar refractivity (Wildman–Crippen MR) is 108 cm³/mol. The molecule has 0 spiro atoms. The highest BCUT2D eigenvalue weighted by Crippen LogP contribution is 2.38. The zero-order valence-corrected chi connectivity index (χ0v) is 17.4. The Labute approximate surface area is 183 Å². The Kier molecular flexibility index (Phi) is 5.52. The molecule has 1 aliphatic heterocycles. The molecular weight excluding hydrogens is 424 g/mol. The number of alkyl halides is 2. The van der Waals surface area contributed by atoms with Crippen molar-refractivity contribution in [3.05, 3.63) is 11.8 Å². The van der Waals surface area contributed by atoms with E-state index >= 15 is 0 Å². The van der Waals surface area contributed by atoms with E-state index in [4.69, 9.17) is 5.73 Å². The average molecular weight is 449 g/mol. The zero-order valence-electron chi connectivity index (χ0n) is 17.4. The topological polar surface area (TPSA) is 146 Å². The van der Waals surface area contributed by atoms with Gasteiger partial charge in [-0.15, -0.1) is 0 Å². The van der Waals surface area contributed by atoms with Gasteiger partial charge in [0.25, 0.3) is 11.8 Å². The molecule has 4 amide bonds. The molecule has 10 nitrogen and oxygen atoms in total. The highest BCUT2D eigenvalue weighted by Gasteiger charge is 2.47. The Morgan fingerprint density at radius 1 is 1.25 bits per heavy atom. The van der Waals surface area contributed by atoms with E-state index in [1.165, 1.54) is 15.8 Å². The molecule has 4 N–H and O–H groups in total. The van der Waals surface area contributed by atoms with Crippen LogP contribution in [0.3, 0.4) is 0 Å². The van der Waals surface area contributed by atoms with Crippen molar-refractivity contribution in [3.63, 3.8) is 0 Å². The molecule has 4 rings (SSSR count). The molecule has 1 aromatic rings. The van der Waals surface area contributed by atoms with Gasteiger partial charge < -0.3 is 21.3 Å². The Bertz CT molecular complexity index is 966. The summed E-state index contributed by atoms with van der Waals surface area (Å²) in [5.74, 6) is -3.71. The molecule has 172 valence electrons. The number of primary amides is 1. The molecule has 2 saturated carbocycles. The number of piperidine rings is 1. The zero-order chi connectivity index (χ0) is 23.1. The predicted octanol–water partition coefficient (Wildman–Crippen LogP) is 1.54. The van der Waals surface area contributed by atoms with Crippen LogP contribution in [-0.2, 0) is 10.3 Å². The summed E-state index contributed by atoms with van der Waals surface area (Å²) in [6.45, 7) is 0.568. The largest absolute Gasteiger partial charge is 0.365 e. The van der Waals surface area contributed by atoms with Crippen molar-refractivity contribution in [2.45, 2.75) is 62.4 Å². The van der Waals surface area contributed by atoms with Crippen LogP contribution < -0.4 is 16.4 Å². The first-order chi connectivity index (χ1) is 15.1. The molecule has 3 fully saturated rings. The summed E-state index contributed by atoms with van der Waals surface area (Å²) in [4.78, 5) is 38.0. The van der Waals surface area contributed by atoms with Crippen LogP contribution in [0.5, 0.6) is 0 Å². The maximum absolute atomic E-state index is 13.0. The first-order valence-corrected chi connectivity index (χ1v) is 10.6. The first kappa shape index (κ1) is 22.0. The van der Waals surface area contributed by atoms with E-state index in [2.05, 4.69) is 21.8 Å². The third-order valence-electron chi connectivity index (χ3n) is 6.46. The van der Waals surface area contributed by atoms with E-state index in [0.29, 0.717) is 12.8 Å². The minimum absolute atomic E-state index is 0.0578. The number of urea groups is 1. The monoisotopic (exact) mass is 449 g/mol. The van der Waals surface area contributed by atoms with Gasteiger partial charge in [-0.25, -0.2) is 13.6 Å². The van der Waals surface area contributed by atoms with Crippen molar-refractivity contribution in [3.8, 4) is 6.07 Å². The van der Waals surface area contributed by atoms with Gasteiger partial charge in [-0.05, 0) is 25.7 Å². The summed E-state index contributed by atoms with van der Waals surface area (Å²) in [5, 5.41) is 19.1.